The Morgan fingerprint density at radius 3 is 2.44 bits per heavy atom. The van der Waals surface area contributed by atoms with Crippen LogP contribution in [0, 0.1) is 5.82 Å². The SMILES string of the molecule is COc1ccc(-c2noc(C(F)F)c2NS(=O)(=O)c2ccccc2)cc1F. The molecule has 1 N–H and O–H groups in total. The number of methoxy groups -OCH3 is 1. The maximum atomic E-state index is 14.0. The minimum absolute atomic E-state index is 0.0368. The van der Waals surface area contributed by atoms with Crippen LogP contribution in [0.3, 0.4) is 0 Å². The van der Waals surface area contributed by atoms with Crippen LogP contribution < -0.4 is 9.46 Å². The lowest BCUT2D eigenvalue weighted by Crippen LogP contribution is -2.14. The Hall–Kier alpha value is -3.01. The van der Waals surface area contributed by atoms with E-state index in [0.29, 0.717) is 0 Å². The maximum absolute atomic E-state index is 14.0. The molecule has 0 amide bonds. The van der Waals surface area contributed by atoms with Gasteiger partial charge in [-0.1, -0.05) is 23.4 Å². The number of nitrogens with zero attached hydrogens (tertiary/aromatic N) is 1. The van der Waals surface area contributed by atoms with E-state index < -0.39 is 33.7 Å². The predicted octanol–water partition coefficient (Wildman–Crippen LogP) is 4.23. The molecule has 0 saturated heterocycles. The first-order chi connectivity index (χ1) is 12.8. The van der Waals surface area contributed by atoms with Gasteiger partial charge >= 0.3 is 0 Å². The van der Waals surface area contributed by atoms with Gasteiger partial charge < -0.3 is 9.26 Å². The smallest absolute Gasteiger partial charge is 0.300 e. The molecule has 0 aliphatic rings. The van der Waals surface area contributed by atoms with Gasteiger partial charge in [0.1, 0.15) is 11.4 Å². The fourth-order valence-electron chi connectivity index (χ4n) is 2.35. The van der Waals surface area contributed by atoms with E-state index in [-0.39, 0.29) is 21.9 Å². The molecule has 0 radical (unpaired) electrons. The number of alkyl halides is 2. The molecule has 2 aromatic carbocycles. The summed E-state index contributed by atoms with van der Waals surface area (Å²) in [6.07, 6.45) is -3.14. The Kier molecular flexibility index (Phi) is 5.08. The van der Waals surface area contributed by atoms with Crippen LogP contribution in [0.25, 0.3) is 11.3 Å². The van der Waals surface area contributed by atoms with Gasteiger partial charge in [0.25, 0.3) is 16.4 Å². The first-order valence-corrected chi connectivity index (χ1v) is 9.01. The van der Waals surface area contributed by atoms with Crippen molar-refractivity contribution >= 4 is 15.7 Å². The minimum Gasteiger partial charge on any atom is -0.494 e. The van der Waals surface area contributed by atoms with Gasteiger partial charge in [-0.05, 0) is 30.3 Å². The Morgan fingerprint density at radius 1 is 1.15 bits per heavy atom. The number of ether oxygens (including phenoxy) is 1. The first kappa shape index (κ1) is 18.8. The van der Waals surface area contributed by atoms with Gasteiger partial charge in [-0.15, -0.1) is 0 Å². The van der Waals surface area contributed by atoms with E-state index in [1.54, 1.807) is 6.07 Å². The summed E-state index contributed by atoms with van der Waals surface area (Å²) in [4.78, 5) is -0.140. The van der Waals surface area contributed by atoms with Gasteiger partial charge in [0.15, 0.2) is 11.6 Å². The number of sulfonamides is 1. The Morgan fingerprint density at radius 2 is 1.85 bits per heavy atom. The number of aromatic nitrogens is 1. The molecular weight excluding hydrogens is 385 g/mol. The summed E-state index contributed by atoms with van der Waals surface area (Å²) >= 11 is 0. The third-order valence-corrected chi connectivity index (χ3v) is 5.00. The second-order valence-corrected chi connectivity index (χ2v) is 7.02. The molecule has 0 bridgehead atoms. The first-order valence-electron chi connectivity index (χ1n) is 7.53. The largest absolute Gasteiger partial charge is 0.494 e. The van der Waals surface area contributed by atoms with Crippen molar-refractivity contribution in [2.45, 2.75) is 11.3 Å². The zero-order valence-corrected chi connectivity index (χ0v) is 14.6. The van der Waals surface area contributed by atoms with Gasteiger partial charge in [0.2, 0.25) is 5.76 Å². The van der Waals surface area contributed by atoms with Gasteiger partial charge in [-0.2, -0.15) is 0 Å². The van der Waals surface area contributed by atoms with Crippen molar-refractivity contribution < 1.29 is 30.8 Å². The number of halogens is 3. The Bertz CT molecular complexity index is 1050. The maximum Gasteiger partial charge on any atom is 0.300 e. The standard InChI is InChI=1S/C17H13F3N2O4S/c1-25-13-8-7-10(9-12(13)18)14-15(16(17(19)20)26-21-14)22-27(23,24)11-5-3-2-4-6-11/h2-9,17,22H,1H3. The number of hydrogen-bond donors (Lipinski definition) is 1. The molecule has 3 rings (SSSR count). The van der Waals surface area contributed by atoms with Crippen LogP contribution >= 0.6 is 0 Å². The predicted molar refractivity (Wildman–Crippen MR) is 90.7 cm³/mol. The van der Waals surface area contributed by atoms with Crippen LogP contribution in [0.15, 0.2) is 57.9 Å². The molecule has 0 atom stereocenters. The molecule has 142 valence electrons. The zero-order valence-electron chi connectivity index (χ0n) is 13.8. The lowest BCUT2D eigenvalue weighted by Gasteiger charge is -2.10. The number of anilines is 1. The van der Waals surface area contributed by atoms with Gasteiger partial charge in [0, 0.05) is 5.56 Å². The van der Waals surface area contributed by atoms with E-state index in [1.807, 2.05) is 0 Å². The fraction of sp³-hybridized carbons (Fsp3) is 0.118. The van der Waals surface area contributed by atoms with Crippen LogP contribution in [0.5, 0.6) is 5.75 Å². The van der Waals surface area contributed by atoms with Crippen LogP contribution in [-0.2, 0) is 10.0 Å². The van der Waals surface area contributed by atoms with Crippen molar-refractivity contribution in [1.29, 1.82) is 0 Å². The van der Waals surface area contributed by atoms with E-state index >= 15 is 0 Å². The van der Waals surface area contributed by atoms with Gasteiger partial charge in [-0.3, -0.25) is 4.72 Å². The Labute approximate surface area is 152 Å². The molecule has 6 nitrogen and oxygen atoms in total. The summed E-state index contributed by atoms with van der Waals surface area (Å²) in [6, 6.07) is 10.7. The molecule has 0 unspecified atom stereocenters. The summed E-state index contributed by atoms with van der Waals surface area (Å²) < 4.78 is 77.0. The van der Waals surface area contributed by atoms with Crippen molar-refractivity contribution in [1.82, 2.24) is 5.16 Å². The van der Waals surface area contributed by atoms with Crippen molar-refractivity contribution in [3.05, 3.63) is 60.1 Å². The molecule has 1 heterocycles. The van der Waals surface area contributed by atoms with Crippen LogP contribution in [0.2, 0.25) is 0 Å². The molecule has 0 aliphatic heterocycles. The monoisotopic (exact) mass is 398 g/mol. The second kappa shape index (κ2) is 7.31. The average molecular weight is 398 g/mol. The second-order valence-electron chi connectivity index (χ2n) is 5.34. The van der Waals surface area contributed by atoms with E-state index in [4.69, 9.17) is 4.74 Å². The lowest BCUT2D eigenvalue weighted by atomic mass is 10.1. The highest BCUT2D eigenvalue weighted by atomic mass is 32.2. The van der Waals surface area contributed by atoms with E-state index in [1.165, 1.54) is 43.5 Å². The number of benzene rings is 2. The Balaban J connectivity index is 2.09. The molecule has 0 saturated carbocycles. The summed E-state index contributed by atoms with van der Waals surface area (Å²) in [6.45, 7) is 0. The number of hydrogen-bond acceptors (Lipinski definition) is 5. The highest BCUT2D eigenvalue weighted by Gasteiger charge is 2.28. The van der Waals surface area contributed by atoms with Crippen molar-refractivity contribution in [2.24, 2.45) is 0 Å². The van der Waals surface area contributed by atoms with Gasteiger partial charge in [0.05, 0.1) is 12.0 Å². The molecule has 27 heavy (non-hydrogen) atoms. The summed E-state index contributed by atoms with van der Waals surface area (Å²) in [5.74, 6) is -1.81. The lowest BCUT2D eigenvalue weighted by molar-refractivity contribution is 0.113. The van der Waals surface area contributed by atoms with Crippen molar-refractivity contribution in [2.75, 3.05) is 11.8 Å². The van der Waals surface area contributed by atoms with Crippen molar-refractivity contribution in [3.8, 4) is 17.0 Å². The van der Waals surface area contributed by atoms with E-state index in [9.17, 15) is 21.6 Å². The highest BCUT2D eigenvalue weighted by Crippen LogP contribution is 2.38. The van der Waals surface area contributed by atoms with Gasteiger partial charge in [-0.25, -0.2) is 21.6 Å². The summed E-state index contributed by atoms with van der Waals surface area (Å²) in [5, 5.41) is 3.49. The third-order valence-electron chi connectivity index (χ3n) is 3.63. The number of rotatable bonds is 6. The van der Waals surface area contributed by atoms with Crippen molar-refractivity contribution in [3.63, 3.8) is 0 Å². The highest BCUT2D eigenvalue weighted by molar-refractivity contribution is 7.92. The molecule has 0 aliphatic carbocycles. The fourth-order valence-corrected chi connectivity index (χ4v) is 3.45. The molecule has 0 spiro atoms. The molecule has 10 heteroatoms. The topological polar surface area (TPSA) is 81.4 Å². The summed E-state index contributed by atoms with van der Waals surface area (Å²) in [5.41, 5.74) is -0.792. The zero-order chi connectivity index (χ0) is 19.6. The summed E-state index contributed by atoms with van der Waals surface area (Å²) in [7, 11) is -2.93. The van der Waals surface area contributed by atoms with E-state index in [0.717, 1.165) is 6.07 Å². The van der Waals surface area contributed by atoms with Crippen LogP contribution in [0.1, 0.15) is 12.2 Å². The third kappa shape index (κ3) is 3.75. The molecular formula is C17H13F3N2O4S. The molecule has 1 aromatic heterocycles. The minimum atomic E-state index is -4.19. The molecule has 3 aromatic rings. The van der Waals surface area contributed by atoms with Crippen LogP contribution in [-0.4, -0.2) is 20.7 Å². The van der Waals surface area contributed by atoms with Crippen LogP contribution in [0.4, 0.5) is 18.9 Å². The normalized spacial score (nSPS) is 11.6. The quantitative estimate of drug-likeness (QED) is 0.672. The molecule has 0 fully saturated rings. The number of nitrogens with one attached hydrogen (secondary N) is 1. The van der Waals surface area contributed by atoms with E-state index in [2.05, 4.69) is 14.4 Å². The average Bonchev–Trinajstić information content (AvgIpc) is 3.05.